The van der Waals surface area contributed by atoms with Crippen LogP contribution in [0.4, 0.5) is 10.6 Å². The van der Waals surface area contributed by atoms with Gasteiger partial charge in [0, 0.05) is 19.3 Å². The quantitative estimate of drug-likeness (QED) is 0.893. The Hall–Kier alpha value is -2.11. The van der Waals surface area contributed by atoms with E-state index in [0.29, 0.717) is 31.2 Å². The van der Waals surface area contributed by atoms with Gasteiger partial charge in [-0.25, -0.2) is 9.78 Å². The zero-order valence-electron chi connectivity index (χ0n) is 13.7. The van der Waals surface area contributed by atoms with Crippen LogP contribution in [-0.4, -0.2) is 40.1 Å². The summed E-state index contributed by atoms with van der Waals surface area (Å²) in [5.74, 6) is 0.470. The zero-order chi connectivity index (χ0) is 16.7. The first-order valence-corrected chi connectivity index (χ1v) is 8.84. The smallest absolute Gasteiger partial charge is 0.323 e. The van der Waals surface area contributed by atoms with E-state index < -0.39 is 11.4 Å². The Balaban J connectivity index is 1.41. The Labute approximate surface area is 141 Å². The molecule has 2 N–H and O–H groups in total. The van der Waals surface area contributed by atoms with Gasteiger partial charge in [0.1, 0.15) is 5.82 Å². The molecule has 3 fully saturated rings. The molecule has 2 saturated carbocycles. The fraction of sp³-hybridized carbons (Fsp3) is 0.611. The van der Waals surface area contributed by atoms with Gasteiger partial charge < -0.3 is 10.0 Å². The standard InChI is InChI=1S/C18H23N3O3/c22-16(23)18-8-2-5-14(18)10-21(11-18)17(24)20-15-7-6-13(9-19-15)12-3-1-4-12/h6-7,9,12,14H,1-5,8,10-11H2,(H,22,23)(H,19,20,24)/t14-,18+/m0/s1. The average Bonchev–Trinajstić information content (AvgIpc) is 3.05. The maximum atomic E-state index is 12.5. The molecule has 6 nitrogen and oxygen atoms in total. The van der Waals surface area contributed by atoms with Gasteiger partial charge in [0.2, 0.25) is 0 Å². The van der Waals surface area contributed by atoms with E-state index >= 15 is 0 Å². The van der Waals surface area contributed by atoms with Crippen molar-refractivity contribution >= 4 is 17.8 Å². The Morgan fingerprint density at radius 1 is 1.25 bits per heavy atom. The summed E-state index contributed by atoms with van der Waals surface area (Å²) in [5.41, 5.74) is 0.499. The lowest BCUT2D eigenvalue weighted by Crippen LogP contribution is -2.38. The second-order valence-corrected chi connectivity index (χ2v) is 7.47. The Morgan fingerprint density at radius 2 is 2.08 bits per heavy atom. The molecule has 24 heavy (non-hydrogen) atoms. The van der Waals surface area contributed by atoms with Crippen molar-refractivity contribution in [2.45, 2.75) is 44.4 Å². The van der Waals surface area contributed by atoms with E-state index in [1.54, 1.807) is 4.90 Å². The van der Waals surface area contributed by atoms with E-state index in [4.69, 9.17) is 0 Å². The first kappa shape index (κ1) is 15.4. The van der Waals surface area contributed by atoms with Crippen molar-refractivity contribution in [1.82, 2.24) is 9.88 Å². The van der Waals surface area contributed by atoms with Crippen molar-refractivity contribution in [2.75, 3.05) is 18.4 Å². The normalized spacial score (nSPS) is 29.2. The van der Waals surface area contributed by atoms with Crippen molar-refractivity contribution < 1.29 is 14.7 Å². The number of pyridine rings is 1. The second-order valence-electron chi connectivity index (χ2n) is 7.47. The maximum absolute atomic E-state index is 12.5. The number of rotatable bonds is 3. The Bertz CT molecular complexity index is 656. The van der Waals surface area contributed by atoms with Crippen LogP contribution < -0.4 is 5.32 Å². The largest absolute Gasteiger partial charge is 0.481 e. The molecule has 2 aliphatic carbocycles. The third-order valence-electron chi connectivity index (χ3n) is 6.18. The minimum Gasteiger partial charge on any atom is -0.481 e. The summed E-state index contributed by atoms with van der Waals surface area (Å²) in [7, 11) is 0. The summed E-state index contributed by atoms with van der Waals surface area (Å²) < 4.78 is 0. The lowest BCUT2D eigenvalue weighted by atomic mass is 9.81. The predicted octanol–water partition coefficient (Wildman–Crippen LogP) is 3.07. The van der Waals surface area contributed by atoms with Crippen molar-refractivity contribution in [3.8, 4) is 0 Å². The third kappa shape index (κ3) is 2.44. The van der Waals surface area contributed by atoms with Crippen LogP contribution in [0.1, 0.15) is 50.0 Å². The Morgan fingerprint density at radius 3 is 2.67 bits per heavy atom. The highest BCUT2D eigenvalue weighted by Gasteiger charge is 2.55. The zero-order valence-corrected chi connectivity index (χ0v) is 13.7. The van der Waals surface area contributed by atoms with Gasteiger partial charge in [-0.05, 0) is 49.1 Å². The number of urea groups is 1. The summed E-state index contributed by atoms with van der Waals surface area (Å²) in [4.78, 5) is 30.2. The summed E-state index contributed by atoms with van der Waals surface area (Å²) in [6, 6.07) is 3.63. The van der Waals surface area contributed by atoms with E-state index in [0.717, 1.165) is 12.8 Å². The van der Waals surface area contributed by atoms with Crippen LogP contribution >= 0.6 is 0 Å². The van der Waals surface area contributed by atoms with E-state index in [9.17, 15) is 14.7 Å². The number of carboxylic acid groups (broad SMARTS) is 1. The molecule has 128 valence electrons. The van der Waals surface area contributed by atoms with Crippen LogP contribution in [0, 0.1) is 11.3 Å². The van der Waals surface area contributed by atoms with Crippen molar-refractivity contribution in [1.29, 1.82) is 0 Å². The molecule has 3 aliphatic rings. The Kier molecular flexibility index (Phi) is 3.70. The van der Waals surface area contributed by atoms with Crippen LogP contribution in [0.2, 0.25) is 0 Å². The molecule has 4 rings (SSSR count). The molecule has 2 heterocycles. The molecule has 0 radical (unpaired) electrons. The number of carbonyl (C=O) groups is 2. The van der Waals surface area contributed by atoms with Gasteiger partial charge in [-0.2, -0.15) is 0 Å². The van der Waals surface area contributed by atoms with E-state index in [1.165, 1.54) is 24.8 Å². The fourth-order valence-electron chi connectivity index (χ4n) is 4.44. The number of anilines is 1. The minimum atomic E-state index is -0.761. The van der Waals surface area contributed by atoms with Crippen LogP contribution in [0.25, 0.3) is 0 Å². The number of nitrogens with zero attached hydrogens (tertiary/aromatic N) is 2. The average molecular weight is 329 g/mol. The molecule has 1 aromatic heterocycles. The number of aliphatic carboxylic acids is 1. The monoisotopic (exact) mass is 329 g/mol. The lowest BCUT2D eigenvalue weighted by Gasteiger charge is -2.25. The van der Waals surface area contributed by atoms with Gasteiger partial charge in [-0.3, -0.25) is 10.1 Å². The number of carboxylic acids is 1. The summed E-state index contributed by atoms with van der Waals surface area (Å²) in [6.07, 6.45) is 8.08. The van der Waals surface area contributed by atoms with Gasteiger partial charge in [0.25, 0.3) is 0 Å². The molecule has 1 aliphatic heterocycles. The van der Waals surface area contributed by atoms with E-state index in [2.05, 4.69) is 10.3 Å². The number of amides is 2. The van der Waals surface area contributed by atoms with Gasteiger partial charge in [0.05, 0.1) is 5.41 Å². The molecule has 0 aromatic carbocycles. The number of likely N-dealkylation sites (tertiary alicyclic amines) is 1. The molecule has 1 saturated heterocycles. The van der Waals surface area contributed by atoms with Gasteiger partial charge in [0.15, 0.2) is 0 Å². The highest BCUT2D eigenvalue weighted by atomic mass is 16.4. The molecule has 0 bridgehead atoms. The van der Waals surface area contributed by atoms with Gasteiger partial charge in [-0.15, -0.1) is 0 Å². The van der Waals surface area contributed by atoms with E-state index in [-0.39, 0.29) is 11.9 Å². The second kappa shape index (κ2) is 5.76. The molecule has 2 atom stereocenters. The van der Waals surface area contributed by atoms with Gasteiger partial charge in [-0.1, -0.05) is 18.9 Å². The summed E-state index contributed by atoms with van der Waals surface area (Å²) in [6.45, 7) is 0.831. The molecule has 2 amide bonds. The topological polar surface area (TPSA) is 82.5 Å². The highest BCUT2D eigenvalue weighted by Crippen LogP contribution is 2.48. The SMILES string of the molecule is O=C(Nc1ccc(C2CCC2)cn1)N1C[C@@H]2CCC[C@@]2(C(=O)O)C1. The predicted molar refractivity (Wildman–Crippen MR) is 88.8 cm³/mol. The highest BCUT2D eigenvalue weighted by molar-refractivity contribution is 5.89. The minimum absolute atomic E-state index is 0.0784. The lowest BCUT2D eigenvalue weighted by molar-refractivity contribution is -0.149. The number of carbonyl (C=O) groups excluding carboxylic acids is 1. The number of hydrogen-bond acceptors (Lipinski definition) is 3. The molecule has 6 heteroatoms. The molecule has 0 spiro atoms. The summed E-state index contributed by atoms with van der Waals surface area (Å²) in [5, 5.41) is 12.4. The van der Waals surface area contributed by atoms with Gasteiger partial charge >= 0.3 is 12.0 Å². The first-order chi connectivity index (χ1) is 11.6. The van der Waals surface area contributed by atoms with Crippen molar-refractivity contribution in [3.63, 3.8) is 0 Å². The van der Waals surface area contributed by atoms with Crippen LogP contribution in [0.5, 0.6) is 0 Å². The third-order valence-corrected chi connectivity index (χ3v) is 6.18. The number of fused-ring (bicyclic) bond motifs is 1. The fourth-order valence-corrected chi connectivity index (χ4v) is 4.44. The number of aromatic nitrogens is 1. The molecule has 1 aromatic rings. The van der Waals surface area contributed by atoms with E-state index in [1.807, 2.05) is 18.3 Å². The van der Waals surface area contributed by atoms with Crippen LogP contribution in [0.3, 0.4) is 0 Å². The molecular weight excluding hydrogens is 306 g/mol. The first-order valence-electron chi connectivity index (χ1n) is 8.84. The number of hydrogen-bond donors (Lipinski definition) is 2. The van der Waals surface area contributed by atoms with Crippen LogP contribution in [0.15, 0.2) is 18.3 Å². The molecule has 0 unspecified atom stereocenters. The maximum Gasteiger partial charge on any atom is 0.323 e. The van der Waals surface area contributed by atoms with Crippen molar-refractivity contribution in [2.24, 2.45) is 11.3 Å². The number of nitrogens with one attached hydrogen (secondary N) is 1. The summed E-state index contributed by atoms with van der Waals surface area (Å²) >= 11 is 0. The van der Waals surface area contributed by atoms with Crippen molar-refractivity contribution in [3.05, 3.63) is 23.9 Å². The van der Waals surface area contributed by atoms with Crippen LogP contribution in [-0.2, 0) is 4.79 Å². The molecular formula is C18H23N3O3.